The third-order valence-corrected chi connectivity index (χ3v) is 4.22. The Bertz CT molecular complexity index is 381. The lowest BCUT2D eigenvalue weighted by Crippen LogP contribution is -1.96. The molecule has 2 nitrogen and oxygen atoms in total. The Kier molecular flexibility index (Phi) is 4.51. The summed E-state index contributed by atoms with van der Waals surface area (Å²) in [5, 5.41) is 11.8. The van der Waals surface area contributed by atoms with Gasteiger partial charge in [0.1, 0.15) is 5.76 Å². The fourth-order valence-electron chi connectivity index (χ4n) is 1.39. The molecule has 4 heteroatoms. The van der Waals surface area contributed by atoms with Crippen molar-refractivity contribution in [2.75, 3.05) is 5.75 Å². The molecule has 0 aliphatic carbocycles. The van der Waals surface area contributed by atoms with Gasteiger partial charge >= 0.3 is 0 Å². The second kappa shape index (κ2) is 6.13. The highest BCUT2D eigenvalue weighted by Crippen LogP contribution is 2.24. The number of rotatable bonds is 6. The summed E-state index contributed by atoms with van der Waals surface area (Å²) in [6, 6.07) is 7.82. The first-order chi connectivity index (χ1) is 7.86. The first kappa shape index (κ1) is 11.8. The zero-order valence-corrected chi connectivity index (χ0v) is 10.5. The second-order valence-electron chi connectivity index (χ2n) is 3.45. The predicted molar refractivity (Wildman–Crippen MR) is 68.8 cm³/mol. The van der Waals surface area contributed by atoms with Gasteiger partial charge in [-0.1, -0.05) is 6.07 Å². The SMILES string of the molecule is O[C@@H](CCSCc1ccco1)c1cccs1. The molecule has 2 aromatic heterocycles. The average Bonchev–Trinajstić information content (AvgIpc) is 2.96. The second-order valence-corrected chi connectivity index (χ2v) is 5.54. The number of furan rings is 1. The lowest BCUT2D eigenvalue weighted by molar-refractivity contribution is 0.179. The van der Waals surface area contributed by atoms with E-state index in [0.29, 0.717) is 0 Å². The average molecular weight is 254 g/mol. The largest absolute Gasteiger partial charge is 0.468 e. The van der Waals surface area contributed by atoms with Gasteiger partial charge in [-0.3, -0.25) is 0 Å². The van der Waals surface area contributed by atoms with Crippen LogP contribution in [0.1, 0.15) is 23.2 Å². The van der Waals surface area contributed by atoms with Crippen molar-refractivity contribution >= 4 is 23.1 Å². The molecule has 2 rings (SSSR count). The summed E-state index contributed by atoms with van der Waals surface area (Å²) in [5.41, 5.74) is 0. The number of hydrogen-bond donors (Lipinski definition) is 1. The standard InChI is InChI=1S/C12H14O2S2/c13-11(12-4-2-7-16-12)5-8-15-9-10-3-1-6-14-10/h1-4,6-7,11,13H,5,8-9H2/t11-/m0/s1. The smallest absolute Gasteiger partial charge is 0.113 e. The normalized spacial score (nSPS) is 12.8. The van der Waals surface area contributed by atoms with Crippen LogP contribution in [0.15, 0.2) is 40.3 Å². The fourth-order valence-corrected chi connectivity index (χ4v) is 3.03. The first-order valence-electron chi connectivity index (χ1n) is 5.18. The number of hydrogen-bond acceptors (Lipinski definition) is 4. The van der Waals surface area contributed by atoms with Gasteiger partial charge in [0, 0.05) is 4.88 Å². The maximum Gasteiger partial charge on any atom is 0.113 e. The number of aliphatic hydroxyl groups is 1. The van der Waals surface area contributed by atoms with Crippen molar-refractivity contribution in [3.05, 3.63) is 46.5 Å². The molecule has 0 aliphatic heterocycles. The lowest BCUT2D eigenvalue weighted by Gasteiger charge is -2.07. The van der Waals surface area contributed by atoms with Crippen molar-refractivity contribution in [1.82, 2.24) is 0 Å². The van der Waals surface area contributed by atoms with E-state index in [1.807, 2.05) is 29.6 Å². The highest BCUT2D eigenvalue weighted by atomic mass is 32.2. The van der Waals surface area contributed by atoms with Crippen LogP contribution in [0.2, 0.25) is 0 Å². The van der Waals surface area contributed by atoms with E-state index in [1.54, 1.807) is 29.4 Å². The molecule has 2 aromatic rings. The van der Waals surface area contributed by atoms with Gasteiger partial charge in [0.25, 0.3) is 0 Å². The number of thioether (sulfide) groups is 1. The molecule has 0 saturated heterocycles. The van der Waals surface area contributed by atoms with Crippen LogP contribution in [0.3, 0.4) is 0 Å². The fraction of sp³-hybridized carbons (Fsp3) is 0.333. The quantitative estimate of drug-likeness (QED) is 0.798. The van der Waals surface area contributed by atoms with E-state index in [1.165, 1.54) is 0 Å². The zero-order valence-electron chi connectivity index (χ0n) is 8.83. The van der Waals surface area contributed by atoms with Crippen LogP contribution >= 0.6 is 23.1 Å². The number of thiophene rings is 1. The Hall–Kier alpha value is -0.710. The minimum absolute atomic E-state index is 0.316. The van der Waals surface area contributed by atoms with Gasteiger partial charge in [-0.25, -0.2) is 0 Å². The van der Waals surface area contributed by atoms with Gasteiger partial charge in [-0.2, -0.15) is 11.8 Å². The molecule has 0 amide bonds. The molecule has 16 heavy (non-hydrogen) atoms. The van der Waals surface area contributed by atoms with Gasteiger partial charge in [-0.05, 0) is 35.8 Å². The van der Waals surface area contributed by atoms with Crippen molar-refractivity contribution in [2.24, 2.45) is 0 Å². The summed E-state index contributed by atoms with van der Waals surface area (Å²) in [5.74, 6) is 2.82. The van der Waals surface area contributed by atoms with Gasteiger partial charge in [0.15, 0.2) is 0 Å². The molecule has 1 atom stereocenters. The highest BCUT2D eigenvalue weighted by molar-refractivity contribution is 7.98. The predicted octanol–water partition coefficient (Wildman–Crippen LogP) is 3.70. The van der Waals surface area contributed by atoms with Crippen molar-refractivity contribution in [3.8, 4) is 0 Å². The van der Waals surface area contributed by atoms with Gasteiger partial charge in [0.2, 0.25) is 0 Å². The van der Waals surface area contributed by atoms with Crippen molar-refractivity contribution in [3.63, 3.8) is 0 Å². The van der Waals surface area contributed by atoms with E-state index in [2.05, 4.69) is 0 Å². The summed E-state index contributed by atoms with van der Waals surface area (Å²) < 4.78 is 5.23. The van der Waals surface area contributed by atoms with E-state index in [-0.39, 0.29) is 6.10 Å². The third kappa shape index (κ3) is 3.40. The molecule has 0 unspecified atom stereocenters. The van der Waals surface area contributed by atoms with Crippen LogP contribution in [-0.4, -0.2) is 10.9 Å². The summed E-state index contributed by atoms with van der Waals surface area (Å²) >= 11 is 3.40. The molecule has 2 heterocycles. The minimum atomic E-state index is -0.316. The monoisotopic (exact) mass is 254 g/mol. The van der Waals surface area contributed by atoms with Crippen molar-refractivity contribution < 1.29 is 9.52 Å². The third-order valence-electron chi connectivity index (χ3n) is 2.23. The van der Waals surface area contributed by atoms with Crippen molar-refractivity contribution in [2.45, 2.75) is 18.3 Å². The maximum absolute atomic E-state index is 9.84. The van der Waals surface area contributed by atoms with Gasteiger partial charge in [0.05, 0.1) is 18.1 Å². The van der Waals surface area contributed by atoms with Crippen LogP contribution in [0.25, 0.3) is 0 Å². The summed E-state index contributed by atoms with van der Waals surface area (Å²) in [7, 11) is 0. The molecule has 0 aliphatic rings. The maximum atomic E-state index is 9.84. The molecule has 0 fully saturated rings. The first-order valence-corrected chi connectivity index (χ1v) is 7.21. The highest BCUT2D eigenvalue weighted by Gasteiger charge is 2.07. The minimum Gasteiger partial charge on any atom is -0.468 e. The van der Waals surface area contributed by atoms with E-state index >= 15 is 0 Å². The van der Waals surface area contributed by atoms with E-state index in [0.717, 1.165) is 28.6 Å². The van der Waals surface area contributed by atoms with Crippen LogP contribution < -0.4 is 0 Å². The Morgan fingerprint density at radius 3 is 3.00 bits per heavy atom. The molecule has 0 bridgehead atoms. The van der Waals surface area contributed by atoms with Crippen LogP contribution in [0.4, 0.5) is 0 Å². The molecule has 0 aromatic carbocycles. The van der Waals surface area contributed by atoms with Gasteiger partial charge in [-0.15, -0.1) is 11.3 Å². The van der Waals surface area contributed by atoms with Crippen LogP contribution in [0, 0.1) is 0 Å². The molecular formula is C12H14O2S2. The van der Waals surface area contributed by atoms with Gasteiger partial charge < -0.3 is 9.52 Å². The Morgan fingerprint density at radius 1 is 1.38 bits per heavy atom. The van der Waals surface area contributed by atoms with E-state index in [4.69, 9.17) is 4.42 Å². The summed E-state index contributed by atoms with van der Waals surface area (Å²) in [6.07, 6.45) is 2.17. The Labute approximate surface area is 103 Å². The zero-order chi connectivity index (χ0) is 11.2. The Morgan fingerprint density at radius 2 is 2.31 bits per heavy atom. The van der Waals surface area contributed by atoms with Crippen LogP contribution in [-0.2, 0) is 5.75 Å². The van der Waals surface area contributed by atoms with E-state index in [9.17, 15) is 5.11 Å². The number of aliphatic hydroxyl groups excluding tert-OH is 1. The molecule has 0 radical (unpaired) electrons. The summed E-state index contributed by atoms with van der Waals surface area (Å²) in [6.45, 7) is 0. The molecular weight excluding hydrogens is 240 g/mol. The molecule has 0 saturated carbocycles. The lowest BCUT2D eigenvalue weighted by atomic mass is 10.2. The summed E-state index contributed by atoms with van der Waals surface area (Å²) in [4.78, 5) is 1.05. The van der Waals surface area contributed by atoms with Crippen molar-refractivity contribution in [1.29, 1.82) is 0 Å². The van der Waals surface area contributed by atoms with E-state index < -0.39 is 0 Å². The topological polar surface area (TPSA) is 33.4 Å². The Balaban J connectivity index is 1.65. The molecule has 0 spiro atoms. The van der Waals surface area contributed by atoms with Crippen LogP contribution in [0.5, 0.6) is 0 Å². The molecule has 1 N–H and O–H groups in total. The molecule has 86 valence electrons.